The van der Waals surface area contributed by atoms with Gasteiger partial charge in [-0.15, -0.1) is 0 Å². The zero-order valence-electron chi connectivity index (χ0n) is 11.7. The summed E-state index contributed by atoms with van der Waals surface area (Å²) in [6.45, 7) is 4.59. The molecule has 0 bridgehead atoms. The number of nitrogens with one attached hydrogen (secondary N) is 1. The molecule has 1 rings (SSSR count). The maximum atomic E-state index is 13.2. The van der Waals surface area contributed by atoms with E-state index in [0.717, 1.165) is 0 Å². The first-order valence-electron chi connectivity index (χ1n) is 6.12. The van der Waals surface area contributed by atoms with Crippen molar-refractivity contribution in [1.82, 2.24) is 5.32 Å². The molecule has 0 heterocycles. The number of para-hydroxylation sites is 1. The minimum Gasteiger partial charge on any atom is -0.479 e. The van der Waals surface area contributed by atoms with Crippen LogP contribution in [0, 0.1) is 5.82 Å². The molecule has 0 aliphatic heterocycles. The molecule has 0 atom stereocenters. The zero-order chi connectivity index (χ0) is 15.2. The molecule has 0 aliphatic carbocycles. The van der Waals surface area contributed by atoms with E-state index in [9.17, 15) is 14.0 Å². The summed E-state index contributed by atoms with van der Waals surface area (Å²) in [6.07, 6.45) is 0. The second-order valence-electron chi connectivity index (χ2n) is 5.18. The van der Waals surface area contributed by atoms with Crippen molar-refractivity contribution in [2.24, 2.45) is 0 Å². The van der Waals surface area contributed by atoms with Crippen molar-refractivity contribution in [2.75, 3.05) is 13.2 Å². The summed E-state index contributed by atoms with van der Waals surface area (Å²) in [5.41, 5.74) is -0.396. The zero-order valence-corrected chi connectivity index (χ0v) is 11.7. The van der Waals surface area contributed by atoms with E-state index >= 15 is 0 Å². The van der Waals surface area contributed by atoms with Gasteiger partial charge in [-0.25, -0.2) is 9.18 Å². The van der Waals surface area contributed by atoms with Gasteiger partial charge in [-0.3, -0.25) is 4.79 Å². The van der Waals surface area contributed by atoms with Crippen LogP contribution in [-0.4, -0.2) is 30.6 Å². The highest BCUT2D eigenvalue weighted by molar-refractivity contribution is 5.81. The molecule has 1 aromatic carbocycles. The summed E-state index contributed by atoms with van der Waals surface area (Å²) in [5.74, 6) is -1.75. The van der Waals surface area contributed by atoms with E-state index in [4.69, 9.17) is 9.47 Å². The Bertz CT molecular complexity index is 482. The third-order valence-electron chi connectivity index (χ3n) is 2.06. The molecule has 1 amide bonds. The van der Waals surface area contributed by atoms with Gasteiger partial charge in [0.2, 0.25) is 0 Å². The molecule has 5 nitrogen and oxygen atoms in total. The Balaban J connectivity index is 2.31. The fourth-order valence-corrected chi connectivity index (χ4v) is 1.34. The lowest BCUT2D eigenvalue weighted by molar-refractivity contribution is -0.150. The Hall–Kier alpha value is -2.11. The summed E-state index contributed by atoms with van der Waals surface area (Å²) in [4.78, 5) is 22.8. The van der Waals surface area contributed by atoms with Crippen LogP contribution in [0.15, 0.2) is 24.3 Å². The highest BCUT2D eigenvalue weighted by atomic mass is 19.1. The topological polar surface area (TPSA) is 64.6 Å². The van der Waals surface area contributed by atoms with Gasteiger partial charge in [0.25, 0.3) is 5.91 Å². The molecule has 0 saturated carbocycles. The smallest absolute Gasteiger partial charge is 0.344 e. The Morgan fingerprint density at radius 3 is 2.45 bits per heavy atom. The van der Waals surface area contributed by atoms with Crippen LogP contribution in [0.2, 0.25) is 0 Å². The molecule has 0 fully saturated rings. The van der Waals surface area contributed by atoms with Crippen molar-refractivity contribution < 1.29 is 23.5 Å². The number of halogens is 1. The molecular weight excluding hydrogens is 265 g/mol. The highest BCUT2D eigenvalue weighted by Crippen LogP contribution is 2.14. The van der Waals surface area contributed by atoms with Crippen LogP contribution in [0.4, 0.5) is 4.39 Å². The number of carbonyl (C=O) groups is 2. The van der Waals surface area contributed by atoms with Gasteiger partial charge in [0.1, 0.15) is 0 Å². The van der Waals surface area contributed by atoms with Gasteiger partial charge in [0, 0.05) is 5.54 Å². The first-order valence-corrected chi connectivity index (χ1v) is 6.12. The van der Waals surface area contributed by atoms with Crippen molar-refractivity contribution in [3.8, 4) is 5.75 Å². The molecule has 0 radical (unpaired) electrons. The second kappa shape index (κ2) is 6.88. The molecule has 1 aromatic rings. The monoisotopic (exact) mass is 283 g/mol. The maximum absolute atomic E-state index is 13.2. The fourth-order valence-electron chi connectivity index (χ4n) is 1.34. The van der Waals surface area contributed by atoms with E-state index in [-0.39, 0.29) is 5.75 Å². The number of amides is 1. The minimum atomic E-state index is -0.739. The maximum Gasteiger partial charge on any atom is 0.344 e. The number of carbonyl (C=O) groups excluding carboxylic acids is 2. The molecule has 0 saturated heterocycles. The molecule has 0 spiro atoms. The minimum absolute atomic E-state index is 0.0383. The average molecular weight is 283 g/mol. The van der Waals surface area contributed by atoms with Gasteiger partial charge >= 0.3 is 5.97 Å². The first kappa shape index (κ1) is 15.9. The Labute approximate surface area is 117 Å². The molecule has 1 N–H and O–H groups in total. The van der Waals surface area contributed by atoms with Crippen LogP contribution in [-0.2, 0) is 14.3 Å². The lowest BCUT2D eigenvalue weighted by atomic mass is 10.1. The second-order valence-corrected chi connectivity index (χ2v) is 5.18. The quantitative estimate of drug-likeness (QED) is 0.835. The standard InChI is InChI=1S/C14H18FNO4/c1-14(2,3)16-12(17)8-20-13(18)9-19-11-7-5-4-6-10(11)15/h4-7H,8-9H2,1-3H3,(H,16,17). The van der Waals surface area contributed by atoms with Crippen LogP contribution in [0.25, 0.3) is 0 Å². The Kier molecular flexibility index (Phi) is 5.49. The molecule has 0 aromatic heterocycles. The van der Waals surface area contributed by atoms with E-state index in [2.05, 4.69) is 5.32 Å². The number of benzene rings is 1. The molecule has 20 heavy (non-hydrogen) atoms. The van der Waals surface area contributed by atoms with Crippen LogP contribution in [0.1, 0.15) is 20.8 Å². The van der Waals surface area contributed by atoms with E-state index in [1.165, 1.54) is 18.2 Å². The van der Waals surface area contributed by atoms with Crippen molar-refractivity contribution in [3.63, 3.8) is 0 Å². The summed E-state index contributed by atoms with van der Waals surface area (Å²) in [6, 6.07) is 5.71. The number of hydrogen-bond acceptors (Lipinski definition) is 4. The number of hydrogen-bond donors (Lipinski definition) is 1. The molecule has 110 valence electrons. The van der Waals surface area contributed by atoms with Crippen LogP contribution < -0.4 is 10.1 Å². The van der Waals surface area contributed by atoms with E-state index in [1.54, 1.807) is 6.07 Å². The fraction of sp³-hybridized carbons (Fsp3) is 0.429. The van der Waals surface area contributed by atoms with Gasteiger partial charge in [-0.2, -0.15) is 0 Å². The van der Waals surface area contributed by atoms with Gasteiger partial charge in [0.05, 0.1) is 0 Å². The molecule has 0 unspecified atom stereocenters. The summed E-state index contributed by atoms with van der Waals surface area (Å²) < 4.78 is 22.9. The Morgan fingerprint density at radius 1 is 1.20 bits per heavy atom. The van der Waals surface area contributed by atoms with E-state index in [1.807, 2.05) is 20.8 Å². The third kappa shape index (κ3) is 6.17. The van der Waals surface area contributed by atoms with Crippen LogP contribution in [0.3, 0.4) is 0 Å². The van der Waals surface area contributed by atoms with Gasteiger partial charge in [-0.1, -0.05) is 12.1 Å². The van der Waals surface area contributed by atoms with Crippen LogP contribution >= 0.6 is 0 Å². The SMILES string of the molecule is CC(C)(C)NC(=O)COC(=O)COc1ccccc1F. The third-order valence-corrected chi connectivity index (χ3v) is 2.06. The predicted octanol–water partition coefficient (Wildman–Crippen LogP) is 1.66. The van der Waals surface area contributed by atoms with E-state index in [0.29, 0.717) is 0 Å². The lowest BCUT2D eigenvalue weighted by Crippen LogP contribution is -2.43. The summed E-state index contributed by atoms with van der Waals surface area (Å²) in [7, 11) is 0. The molecular formula is C14H18FNO4. The average Bonchev–Trinajstić information content (AvgIpc) is 2.33. The van der Waals surface area contributed by atoms with Crippen LogP contribution in [0.5, 0.6) is 5.75 Å². The number of esters is 1. The summed E-state index contributed by atoms with van der Waals surface area (Å²) >= 11 is 0. The van der Waals surface area contributed by atoms with Crippen molar-refractivity contribution in [1.29, 1.82) is 0 Å². The van der Waals surface area contributed by atoms with Crippen molar-refractivity contribution in [3.05, 3.63) is 30.1 Å². The number of ether oxygens (including phenoxy) is 2. The Morgan fingerprint density at radius 2 is 1.85 bits per heavy atom. The highest BCUT2D eigenvalue weighted by Gasteiger charge is 2.15. The van der Waals surface area contributed by atoms with E-state index < -0.39 is 36.4 Å². The molecule has 6 heteroatoms. The largest absolute Gasteiger partial charge is 0.479 e. The van der Waals surface area contributed by atoms with Gasteiger partial charge < -0.3 is 14.8 Å². The van der Waals surface area contributed by atoms with Gasteiger partial charge in [-0.05, 0) is 32.9 Å². The molecule has 0 aliphatic rings. The number of rotatable bonds is 5. The van der Waals surface area contributed by atoms with Crippen molar-refractivity contribution in [2.45, 2.75) is 26.3 Å². The normalized spacial score (nSPS) is 10.8. The van der Waals surface area contributed by atoms with Crippen molar-refractivity contribution >= 4 is 11.9 Å². The lowest BCUT2D eigenvalue weighted by Gasteiger charge is -2.20. The first-order chi connectivity index (χ1) is 9.28. The van der Waals surface area contributed by atoms with Gasteiger partial charge in [0.15, 0.2) is 24.8 Å². The predicted molar refractivity (Wildman–Crippen MR) is 70.7 cm³/mol. The summed E-state index contributed by atoms with van der Waals surface area (Å²) in [5, 5.41) is 2.64.